The van der Waals surface area contributed by atoms with Gasteiger partial charge in [0.1, 0.15) is 0 Å². The fourth-order valence-corrected chi connectivity index (χ4v) is 3.77. The summed E-state index contributed by atoms with van der Waals surface area (Å²) in [7, 11) is 1.97. The number of nitrogens with zero attached hydrogens (tertiary/aromatic N) is 4. The minimum atomic E-state index is -5.08. The van der Waals surface area contributed by atoms with Crippen molar-refractivity contribution >= 4 is 11.9 Å². The minimum absolute atomic E-state index is 0.218. The molecule has 1 N–H and O–H groups in total. The van der Waals surface area contributed by atoms with Gasteiger partial charge in [-0.2, -0.15) is 18.3 Å². The van der Waals surface area contributed by atoms with Gasteiger partial charge in [-0.1, -0.05) is 30.3 Å². The first-order valence-corrected chi connectivity index (χ1v) is 10.7. The number of halogens is 3. The van der Waals surface area contributed by atoms with E-state index in [9.17, 15) is 18.0 Å². The van der Waals surface area contributed by atoms with Gasteiger partial charge in [0.05, 0.1) is 17.9 Å². The van der Waals surface area contributed by atoms with E-state index >= 15 is 0 Å². The smallest absolute Gasteiger partial charge is 0.475 e. The number of aryl methyl sites for hydroxylation is 2. The summed E-state index contributed by atoms with van der Waals surface area (Å²) < 4.78 is 33.7. The number of carboxylic acid groups (broad SMARTS) is 1. The lowest BCUT2D eigenvalue weighted by molar-refractivity contribution is -0.192. The summed E-state index contributed by atoms with van der Waals surface area (Å²) in [6, 6.07) is 14.2. The number of carbonyl (C=O) groups excluding carboxylic acids is 1. The van der Waals surface area contributed by atoms with Crippen LogP contribution in [0.1, 0.15) is 29.7 Å². The van der Waals surface area contributed by atoms with E-state index in [0.717, 1.165) is 42.8 Å². The highest BCUT2D eigenvalue weighted by atomic mass is 19.4. The van der Waals surface area contributed by atoms with Crippen LogP contribution in [-0.4, -0.2) is 49.4 Å². The molecule has 2 aromatic heterocycles. The van der Waals surface area contributed by atoms with Crippen molar-refractivity contribution in [2.75, 3.05) is 6.54 Å². The van der Waals surface area contributed by atoms with E-state index in [1.54, 1.807) is 6.20 Å². The molecule has 0 saturated heterocycles. The van der Waals surface area contributed by atoms with Crippen LogP contribution in [0.15, 0.2) is 54.9 Å². The summed E-state index contributed by atoms with van der Waals surface area (Å²) in [6.45, 7) is 1.43. The maximum atomic E-state index is 12.8. The molecule has 0 unspecified atom stereocenters. The third-order valence-corrected chi connectivity index (χ3v) is 5.47. The van der Waals surface area contributed by atoms with Crippen molar-refractivity contribution in [1.82, 2.24) is 19.7 Å². The molecule has 1 aliphatic heterocycles. The van der Waals surface area contributed by atoms with Crippen LogP contribution >= 0.6 is 0 Å². The summed E-state index contributed by atoms with van der Waals surface area (Å²) in [6.07, 6.45) is 1.79. The van der Waals surface area contributed by atoms with Gasteiger partial charge in [0.15, 0.2) is 0 Å². The highest BCUT2D eigenvalue weighted by Crippen LogP contribution is 2.29. The second-order valence-electron chi connectivity index (χ2n) is 7.85. The fraction of sp³-hybridized carbons (Fsp3) is 0.333. The molecule has 0 radical (unpaired) electrons. The largest absolute Gasteiger partial charge is 0.490 e. The van der Waals surface area contributed by atoms with Crippen molar-refractivity contribution in [3.63, 3.8) is 0 Å². The number of rotatable bonds is 4. The molecule has 4 rings (SSSR count). The van der Waals surface area contributed by atoms with Gasteiger partial charge in [0, 0.05) is 43.5 Å². The first kappa shape index (κ1) is 24.9. The zero-order valence-electron chi connectivity index (χ0n) is 18.6. The van der Waals surface area contributed by atoms with Gasteiger partial charge >= 0.3 is 12.1 Å². The van der Waals surface area contributed by atoms with E-state index < -0.39 is 12.1 Å². The van der Waals surface area contributed by atoms with Crippen LogP contribution in [0, 0.1) is 0 Å². The average Bonchev–Trinajstić information content (AvgIpc) is 2.98. The molecule has 1 amide bonds. The van der Waals surface area contributed by atoms with Gasteiger partial charge < -0.3 is 10.0 Å². The topological polar surface area (TPSA) is 88.3 Å². The molecule has 3 heterocycles. The Morgan fingerprint density at radius 1 is 1.12 bits per heavy atom. The Morgan fingerprint density at radius 3 is 2.44 bits per heavy atom. The van der Waals surface area contributed by atoms with Gasteiger partial charge in [-0.05, 0) is 37.0 Å². The van der Waals surface area contributed by atoms with Crippen LogP contribution in [0.5, 0.6) is 0 Å². The monoisotopic (exact) mass is 474 g/mol. The molecule has 0 bridgehead atoms. The molecule has 34 heavy (non-hydrogen) atoms. The molecule has 180 valence electrons. The van der Waals surface area contributed by atoms with Crippen LogP contribution in [-0.2, 0) is 36.0 Å². The molecule has 10 heteroatoms. The number of aliphatic carboxylic acids is 1. The van der Waals surface area contributed by atoms with Gasteiger partial charge in [-0.3, -0.25) is 14.5 Å². The number of amides is 1. The lowest BCUT2D eigenvalue weighted by atomic mass is 10.0. The van der Waals surface area contributed by atoms with Crippen molar-refractivity contribution in [2.45, 2.75) is 38.4 Å². The molecular formula is C24H25F3N4O3. The van der Waals surface area contributed by atoms with E-state index in [2.05, 4.69) is 17.1 Å². The Kier molecular flexibility index (Phi) is 8.04. The Bertz CT molecular complexity index is 1120. The predicted octanol–water partition coefficient (Wildman–Crippen LogP) is 4.02. The molecule has 0 spiro atoms. The Morgan fingerprint density at radius 2 is 1.82 bits per heavy atom. The number of benzene rings is 1. The number of carboxylic acids is 1. The molecule has 0 fully saturated rings. The lowest BCUT2D eigenvalue weighted by Crippen LogP contribution is -2.31. The maximum absolute atomic E-state index is 12.8. The summed E-state index contributed by atoms with van der Waals surface area (Å²) in [4.78, 5) is 27.9. The second-order valence-corrected chi connectivity index (χ2v) is 7.85. The summed E-state index contributed by atoms with van der Waals surface area (Å²) in [5, 5.41) is 11.9. The Labute approximate surface area is 194 Å². The summed E-state index contributed by atoms with van der Waals surface area (Å²) >= 11 is 0. The van der Waals surface area contributed by atoms with E-state index in [1.807, 2.05) is 53.2 Å². The number of hydrogen-bond donors (Lipinski definition) is 1. The van der Waals surface area contributed by atoms with Crippen LogP contribution < -0.4 is 0 Å². The van der Waals surface area contributed by atoms with Gasteiger partial charge in [-0.25, -0.2) is 4.79 Å². The summed E-state index contributed by atoms with van der Waals surface area (Å²) in [5.41, 5.74) is 5.64. The number of pyridine rings is 1. The first-order chi connectivity index (χ1) is 16.2. The molecule has 3 aromatic rings. The molecule has 0 saturated carbocycles. The van der Waals surface area contributed by atoms with Gasteiger partial charge in [-0.15, -0.1) is 0 Å². The van der Waals surface area contributed by atoms with Crippen LogP contribution in [0.3, 0.4) is 0 Å². The molecular weight excluding hydrogens is 449 g/mol. The van der Waals surface area contributed by atoms with Gasteiger partial charge in [0.25, 0.3) is 0 Å². The Hall–Kier alpha value is -3.69. The third kappa shape index (κ3) is 6.43. The average molecular weight is 474 g/mol. The highest BCUT2D eigenvalue weighted by molar-refractivity contribution is 5.77. The van der Waals surface area contributed by atoms with Crippen LogP contribution in [0.2, 0.25) is 0 Å². The van der Waals surface area contributed by atoms with Crippen molar-refractivity contribution in [1.29, 1.82) is 0 Å². The van der Waals surface area contributed by atoms with Crippen LogP contribution in [0.25, 0.3) is 11.3 Å². The normalized spacial score (nSPS) is 13.4. The summed E-state index contributed by atoms with van der Waals surface area (Å²) in [5.74, 6) is -2.54. The number of aromatic nitrogens is 3. The number of hydrogen-bond acceptors (Lipinski definition) is 4. The molecule has 0 aliphatic carbocycles. The molecule has 0 atom stereocenters. The van der Waals surface area contributed by atoms with E-state index in [4.69, 9.17) is 15.0 Å². The lowest BCUT2D eigenvalue weighted by Gasteiger charge is -2.21. The molecule has 7 nitrogen and oxygen atoms in total. The molecule has 1 aromatic carbocycles. The highest BCUT2D eigenvalue weighted by Gasteiger charge is 2.38. The fourth-order valence-electron chi connectivity index (χ4n) is 3.77. The quantitative estimate of drug-likeness (QED) is 0.617. The van der Waals surface area contributed by atoms with Crippen molar-refractivity contribution in [3.8, 4) is 11.3 Å². The van der Waals surface area contributed by atoms with Crippen molar-refractivity contribution < 1.29 is 27.9 Å². The number of fused-ring (bicyclic) bond motifs is 1. The van der Waals surface area contributed by atoms with E-state index in [0.29, 0.717) is 13.0 Å². The first-order valence-electron chi connectivity index (χ1n) is 10.7. The van der Waals surface area contributed by atoms with Crippen molar-refractivity contribution in [3.05, 3.63) is 71.7 Å². The third-order valence-electron chi connectivity index (χ3n) is 5.47. The Balaban J connectivity index is 0.000000406. The standard InChI is InChI=1S/C22H24N4O.C2HF3O2/c1-25-20-16-26(21(27)12-11-17-7-3-2-4-8-17)14-6-10-19(20)22(24-25)18-9-5-13-23-15-18;3-2(4,5)1(6)7/h2-5,7-9,13,15H,6,10-12,14,16H2,1H3;(H,6,7). The predicted molar refractivity (Wildman–Crippen MR) is 119 cm³/mol. The van der Waals surface area contributed by atoms with E-state index in [1.165, 1.54) is 11.1 Å². The SMILES string of the molecule is Cn1nc(-c2cccnc2)c2c1CN(C(=O)CCc1ccccc1)CCC2.O=C(O)C(F)(F)F. The van der Waals surface area contributed by atoms with Crippen LogP contribution in [0.4, 0.5) is 13.2 Å². The van der Waals surface area contributed by atoms with Gasteiger partial charge in [0.2, 0.25) is 5.91 Å². The van der Waals surface area contributed by atoms with E-state index in [-0.39, 0.29) is 5.91 Å². The minimum Gasteiger partial charge on any atom is -0.475 e. The molecule has 1 aliphatic rings. The second kappa shape index (κ2) is 11.0. The van der Waals surface area contributed by atoms with Crippen molar-refractivity contribution in [2.24, 2.45) is 7.05 Å². The zero-order valence-corrected chi connectivity index (χ0v) is 18.6. The maximum Gasteiger partial charge on any atom is 0.490 e. The zero-order chi connectivity index (χ0) is 24.7. The number of carbonyl (C=O) groups is 2. The number of alkyl halides is 3.